The Morgan fingerprint density at radius 2 is 2.14 bits per heavy atom. The average Bonchev–Trinajstić information content (AvgIpc) is 2.19. The lowest BCUT2D eigenvalue weighted by Crippen LogP contribution is -2.20. The van der Waals surface area contributed by atoms with Crippen LogP contribution in [0.3, 0.4) is 0 Å². The molecule has 0 aromatic carbocycles. The first-order chi connectivity index (χ1) is 6.75. The van der Waals surface area contributed by atoms with Gasteiger partial charge in [0.2, 0.25) is 0 Å². The molecule has 2 heterocycles. The van der Waals surface area contributed by atoms with E-state index in [9.17, 15) is 4.79 Å². The molecule has 1 aromatic rings. The Morgan fingerprint density at radius 3 is 2.79 bits per heavy atom. The second kappa shape index (κ2) is 3.71. The van der Waals surface area contributed by atoms with Gasteiger partial charge < -0.3 is 9.84 Å². The van der Waals surface area contributed by atoms with Crippen LogP contribution in [0.5, 0.6) is 5.75 Å². The molecule has 0 bridgehead atoms. The molecular weight excluding hydrogens is 184 g/mol. The number of ether oxygens (including phenoxy) is 1. The molecule has 1 saturated heterocycles. The summed E-state index contributed by atoms with van der Waals surface area (Å²) in [5.74, 6) is 0.629. The molecule has 1 aliphatic rings. The quantitative estimate of drug-likeness (QED) is 0.708. The summed E-state index contributed by atoms with van der Waals surface area (Å²) in [7, 11) is 0. The number of aromatic nitrogens is 2. The van der Waals surface area contributed by atoms with Gasteiger partial charge >= 0.3 is 0 Å². The number of Topliss-reactive ketones (excluding diaryl/α,β-unsaturated/α-hetero) is 1. The van der Waals surface area contributed by atoms with Crippen molar-refractivity contribution >= 4 is 5.78 Å². The van der Waals surface area contributed by atoms with Crippen LogP contribution in [0.4, 0.5) is 0 Å². The topological polar surface area (TPSA) is 72.3 Å². The number of ketones is 1. The number of nitrogens with zero attached hydrogens (tertiary/aromatic N) is 2. The normalized spacial score (nSPS) is 22.3. The van der Waals surface area contributed by atoms with E-state index in [-0.39, 0.29) is 17.6 Å². The predicted molar refractivity (Wildman–Crippen MR) is 46.6 cm³/mol. The van der Waals surface area contributed by atoms with Gasteiger partial charge in [0.25, 0.3) is 0 Å². The first-order valence-corrected chi connectivity index (χ1v) is 4.40. The molecule has 0 amide bonds. The third-order valence-electron chi connectivity index (χ3n) is 2.06. The van der Waals surface area contributed by atoms with Crippen molar-refractivity contribution in [3.63, 3.8) is 0 Å². The summed E-state index contributed by atoms with van der Waals surface area (Å²) in [6.45, 7) is 0.424. The number of carbonyl (C=O) groups is 1. The third-order valence-corrected chi connectivity index (χ3v) is 2.06. The highest BCUT2D eigenvalue weighted by Gasteiger charge is 2.23. The van der Waals surface area contributed by atoms with Gasteiger partial charge in [-0.2, -0.15) is 0 Å². The van der Waals surface area contributed by atoms with Crippen molar-refractivity contribution in [2.45, 2.75) is 18.9 Å². The van der Waals surface area contributed by atoms with Crippen LogP contribution in [-0.4, -0.2) is 27.5 Å². The maximum Gasteiger partial charge on any atom is 0.157 e. The Bertz CT molecular complexity index is 336. The van der Waals surface area contributed by atoms with E-state index < -0.39 is 0 Å². The first-order valence-electron chi connectivity index (χ1n) is 4.40. The van der Waals surface area contributed by atoms with Gasteiger partial charge in [-0.25, -0.2) is 9.97 Å². The molecule has 14 heavy (non-hydrogen) atoms. The lowest BCUT2D eigenvalue weighted by atomic mass is 10.1. The molecule has 1 aromatic heterocycles. The Balaban J connectivity index is 2.14. The smallest absolute Gasteiger partial charge is 0.157 e. The van der Waals surface area contributed by atoms with Crippen LogP contribution in [0, 0.1) is 0 Å². The summed E-state index contributed by atoms with van der Waals surface area (Å²) < 4.78 is 5.35. The zero-order valence-corrected chi connectivity index (χ0v) is 7.51. The molecule has 0 radical (unpaired) electrons. The Labute approximate surface area is 80.8 Å². The average molecular weight is 194 g/mol. The summed E-state index contributed by atoms with van der Waals surface area (Å²) in [5.41, 5.74) is 0. The molecule has 5 heteroatoms. The molecule has 1 unspecified atom stereocenters. The van der Waals surface area contributed by atoms with Crippen molar-refractivity contribution < 1.29 is 14.6 Å². The SMILES string of the molecule is O=C1CCOC(c2ncc(O)cn2)C1. The Hall–Kier alpha value is -1.49. The maximum atomic E-state index is 11.1. The summed E-state index contributed by atoms with van der Waals surface area (Å²) in [5, 5.41) is 8.97. The first kappa shape index (κ1) is 9.08. The second-order valence-electron chi connectivity index (χ2n) is 3.15. The fourth-order valence-corrected chi connectivity index (χ4v) is 1.35. The van der Waals surface area contributed by atoms with Crippen LogP contribution in [-0.2, 0) is 9.53 Å². The van der Waals surface area contributed by atoms with E-state index in [0.717, 1.165) is 0 Å². The van der Waals surface area contributed by atoms with Crippen molar-refractivity contribution in [3.05, 3.63) is 18.2 Å². The fraction of sp³-hybridized carbons (Fsp3) is 0.444. The minimum absolute atomic E-state index is 0.0101. The zero-order chi connectivity index (χ0) is 9.97. The third kappa shape index (κ3) is 1.88. The molecule has 0 spiro atoms. The number of aromatic hydroxyl groups is 1. The molecule has 74 valence electrons. The van der Waals surface area contributed by atoms with E-state index in [4.69, 9.17) is 9.84 Å². The lowest BCUT2D eigenvalue weighted by Gasteiger charge is -2.19. The zero-order valence-electron chi connectivity index (χ0n) is 7.51. The fourth-order valence-electron chi connectivity index (χ4n) is 1.35. The largest absolute Gasteiger partial charge is 0.505 e. The van der Waals surface area contributed by atoms with Crippen LogP contribution < -0.4 is 0 Å². The van der Waals surface area contributed by atoms with Gasteiger partial charge in [0.15, 0.2) is 11.6 Å². The van der Waals surface area contributed by atoms with E-state index in [2.05, 4.69) is 9.97 Å². The minimum Gasteiger partial charge on any atom is -0.505 e. The number of carbonyl (C=O) groups excluding carboxylic acids is 1. The van der Waals surface area contributed by atoms with Crippen molar-refractivity contribution in [3.8, 4) is 5.75 Å². The second-order valence-corrected chi connectivity index (χ2v) is 3.15. The number of rotatable bonds is 1. The molecular formula is C9H10N2O3. The number of hydrogen-bond donors (Lipinski definition) is 1. The molecule has 1 fully saturated rings. The monoisotopic (exact) mass is 194 g/mol. The van der Waals surface area contributed by atoms with Gasteiger partial charge in [0.1, 0.15) is 11.9 Å². The van der Waals surface area contributed by atoms with E-state index in [1.54, 1.807) is 0 Å². The predicted octanol–water partition coefficient (Wildman–Crippen LogP) is 0.603. The summed E-state index contributed by atoms with van der Waals surface area (Å²) in [4.78, 5) is 18.9. The highest BCUT2D eigenvalue weighted by atomic mass is 16.5. The molecule has 0 aliphatic carbocycles. The summed E-state index contributed by atoms with van der Waals surface area (Å²) in [6.07, 6.45) is 3.03. The standard InChI is InChI=1S/C9H10N2O3/c12-6-1-2-14-8(3-6)9-10-4-7(13)5-11-9/h4-5,8,13H,1-3H2. The molecule has 2 rings (SSSR count). The van der Waals surface area contributed by atoms with Gasteiger partial charge in [0, 0.05) is 12.8 Å². The molecule has 1 aliphatic heterocycles. The van der Waals surface area contributed by atoms with Gasteiger partial charge in [-0.1, -0.05) is 0 Å². The van der Waals surface area contributed by atoms with Gasteiger partial charge in [-0.15, -0.1) is 0 Å². The molecule has 1 N–H and O–H groups in total. The van der Waals surface area contributed by atoms with E-state index in [1.807, 2.05) is 0 Å². The van der Waals surface area contributed by atoms with Gasteiger partial charge in [0.05, 0.1) is 19.0 Å². The van der Waals surface area contributed by atoms with Crippen LogP contribution in [0.15, 0.2) is 12.4 Å². The highest BCUT2D eigenvalue weighted by Crippen LogP contribution is 2.23. The van der Waals surface area contributed by atoms with Crippen molar-refractivity contribution in [1.29, 1.82) is 0 Å². The van der Waals surface area contributed by atoms with Crippen molar-refractivity contribution in [2.24, 2.45) is 0 Å². The van der Waals surface area contributed by atoms with Crippen molar-refractivity contribution in [1.82, 2.24) is 9.97 Å². The lowest BCUT2D eigenvalue weighted by molar-refractivity contribution is -0.129. The summed E-state index contributed by atoms with van der Waals surface area (Å²) >= 11 is 0. The Kier molecular flexibility index (Phi) is 2.41. The summed E-state index contributed by atoms with van der Waals surface area (Å²) in [6, 6.07) is 0. The highest BCUT2D eigenvalue weighted by molar-refractivity contribution is 5.79. The Morgan fingerprint density at radius 1 is 1.43 bits per heavy atom. The van der Waals surface area contributed by atoms with Crippen LogP contribution in [0.1, 0.15) is 24.8 Å². The van der Waals surface area contributed by atoms with Crippen LogP contribution in [0.25, 0.3) is 0 Å². The number of hydrogen-bond acceptors (Lipinski definition) is 5. The van der Waals surface area contributed by atoms with Crippen molar-refractivity contribution in [2.75, 3.05) is 6.61 Å². The van der Waals surface area contributed by atoms with E-state index in [1.165, 1.54) is 12.4 Å². The molecule has 5 nitrogen and oxygen atoms in total. The molecule has 0 saturated carbocycles. The van der Waals surface area contributed by atoms with E-state index in [0.29, 0.717) is 25.3 Å². The van der Waals surface area contributed by atoms with Crippen LogP contribution >= 0.6 is 0 Å². The van der Waals surface area contributed by atoms with Crippen LogP contribution in [0.2, 0.25) is 0 Å². The minimum atomic E-state index is -0.350. The van der Waals surface area contributed by atoms with Gasteiger partial charge in [-0.05, 0) is 0 Å². The van der Waals surface area contributed by atoms with Gasteiger partial charge in [-0.3, -0.25) is 4.79 Å². The molecule has 1 atom stereocenters. The van der Waals surface area contributed by atoms with E-state index >= 15 is 0 Å². The maximum absolute atomic E-state index is 11.1.